The molecule has 0 spiro atoms. The highest BCUT2D eigenvalue weighted by atomic mass is 19.4. The molecule has 3 aromatic rings. The minimum Gasteiger partial charge on any atom is -0.475 e. The van der Waals surface area contributed by atoms with Crippen LogP contribution in [0.25, 0.3) is 16.8 Å². The first-order valence-electron chi connectivity index (χ1n) is 12.9. The van der Waals surface area contributed by atoms with Crippen molar-refractivity contribution in [2.24, 2.45) is 5.92 Å². The van der Waals surface area contributed by atoms with E-state index >= 15 is 0 Å². The maximum absolute atomic E-state index is 10.6. The second-order valence-corrected chi connectivity index (χ2v) is 9.66. The van der Waals surface area contributed by atoms with Gasteiger partial charge in [0.1, 0.15) is 0 Å². The number of nitrogens with zero attached hydrogens (tertiary/aromatic N) is 5. The summed E-state index contributed by atoms with van der Waals surface area (Å²) in [6, 6.07) is 8.21. The SMILES string of the molecule is O=C(O)C(F)(F)F.O=C(O)C(F)(F)F.c1cc(-c2ccc3nc(C4CCN(CC5CCOCC5)CC4)nn3c2)ccn1. The summed E-state index contributed by atoms with van der Waals surface area (Å²) in [7, 11) is 0. The van der Waals surface area contributed by atoms with Crippen LogP contribution in [0.1, 0.15) is 37.4 Å². The zero-order chi connectivity index (χ0) is 30.9. The Kier molecular flexibility index (Phi) is 11.2. The number of alkyl halides is 6. The molecule has 16 heteroatoms. The summed E-state index contributed by atoms with van der Waals surface area (Å²) in [6.45, 7) is 5.41. The maximum atomic E-state index is 10.6. The lowest BCUT2D eigenvalue weighted by Crippen LogP contribution is -2.38. The number of ether oxygens (including phenoxy) is 1. The van der Waals surface area contributed by atoms with Crippen LogP contribution in [0.5, 0.6) is 0 Å². The first-order valence-corrected chi connectivity index (χ1v) is 12.9. The van der Waals surface area contributed by atoms with E-state index in [9.17, 15) is 26.3 Å². The predicted molar refractivity (Wildman–Crippen MR) is 136 cm³/mol. The van der Waals surface area contributed by atoms with Crippen LogP contribution in [0.15, 0.2) is 42.9 Å². The number of likely N-dealkylation sites (tertiary alicyclic amines) is 1. The molecule has 0 radical (unpaired) electrons. The Labute approximate surface area is 235 Å². The molecule has 10 nitrogen and oxygen atoms in total. The van der Waals surface area contributed by atoms with Gasteiger partial charge in [0.2, 0.25) is 0 Å². The Morgan fingerprint density at radius 2 is 1.40 bits per heavy atom. The highest BCUT2D eigenvalue weighted by molar-refractivity contribution is 5.73. The van der Waals surface area contributed by atoms with Crippen molar-refractivity contribution in [3.8, 4) is 11.1 Å². The van der Waals surface area contributed by atoms with Crippen LogP contribution < -0.4 is 0 Å². The van der Waals surface area contributed by atoms with Crippen LogP contribution in [0, 0.1) is 5.92 Å². The lowest BCUT2D eigenvalue weighted by atomic mass is 9.93. The Morgan fingerprint density at radius 3 is 1.93 bits per heavy atom. The number of piperidine rings is 1. The first-order chi connectivity index (χ1) is 19.7. The molecule has 0 bridgehead atoms. The van der Waals surface area contributed by atoms with Crippen molar-refractivity contribution in [2.45, 2.75) is 44.0 Å². The third-order valence-electron chi connectivity index (χ3n) is 6.66. The van der Waals surface area contributed by atoms with Gasteiger partial charge in [0.05, 0.1) is 0 Å². The van der Waals surface area contributed by atoms with Crippen molar-refractivity contribution >= 4 is 17.6 Å². The molecule has 2 aliphatic rings. The largest absolute Gasteiger partial charge is 0.490 e. The minimum atomic E-state index is -5.08. The molecular weight excluding hydrogens is 576 g/mol. The second kappa shape index (κ2) is 14.4. The lowest BCUT2D eigenvalue weighted by molar-refractivity contribution is -0.193. The molecule has 5 rings (SSSR count). The Balaban J connectivity index is 0.000000289. The maximum Gasteiger partial charge on any atom is 0.490 e. The number of hydrogen-bond donors (Lipinski definition) is 2. The minimum absolute atomic E-state index is 0.468. The molecule has 42 heavy (non-hydrogen) atoms. The number of fused-ring (bicyclic) bond motifs is 1. The van der Waals surface area contributed by atoms with E-state index in [4.69, 9.17) is 34.6 Å². The predicted octanol–water partition coefficient (Wildman–Crippen LogP) is 4.66. The van der Waals surface area contributed by atoms with E-state index in [0.717, 1.165) is 67.7 Å². The average molecular weight is 606 g/mol. The van der Waals surface area contributed by atoms with E-state index < -0.39 is 24.3 Å². The number of carbonyl (C=O) groups is 2. The molecule has 0 amide bonds. The second-order valence-electron chi connectivity index (χ2n) is 9.66. The molecule has 230 valence electrons. The van der Waals surface area contributed by atoms with Gasteiger partial charge in [0, 0.05) is 49.8 Å². The van der Waals surface area contributed by atoms with Crippen LogP contribution in [-0.4, -0.2) is 91.8 Å². The first kappa shape index (κ1) is 32.7. The number of carboxylic acids is 2. The van der Waals surface area contributed by atoms with Crippen molar-refractivity contribution < 1.29 is 50.9 Å². The third-order valence-corrected chi connectivity index (χ3v) is 6.66. The van der Waals surface area contributed by atoms with Crippen molar-refractivity contribution in [1.29, 1.82) is 0 Å². The number of rotatable bonds is 4. The van der Waals surface area contributed by atoms with Crippen LogP contribution in [-0.2, 0) is 14.3 Å². The molecular formula is C26H29F6N5O5. The molecule has 2 fully saturated rings. The monoisotopic (exact) mass is 605 g/mol. The fourth-order valence-corrected chi connectivity index (χ4v) is 4.46. The van der Waals surface area contributed by atoms with Gasteiger partial charge in [-0.15, -0.1) is 0 Å². The number of aliphatic carboxylic acids is 2. The van der Waals surface area contributed by atoms with Gasteiger partial charge < -0.3 is 19.8 Å². The quantitative estimate of drug-likeness (QED) is 0.408. The Bertz CT molecular complexity index is 1280. The van der Waals surface area contributed by atoms with Gasteiger partial charge in [-0.05, 0) is 74.5 Å². The van der Waals surface area contributed by atoms with Crippen molar-refractivity contribution in [1.82, 2.24) is 24.5 Å². The van der Waals surface area contributed by atoms with Crippen LogP contribution in [0.2, 0.25) is 0 Å². The molecule has 2 saturated heterocycles. The molecule has 0 aliphatic carbocycles. The standard InChI is InChI=1S/C22H27N5O.2C2HF3O2/c1-2-21-24-22(25-27(21)16-20(1)18-3-9-23-10-4-18)19-5-11-26(12-6-19)15-17-7-13-28-14-8-17;2*3-2(4,5)1(6)7/h1-4,9-10,16-17,19H,5-8,11-15H2;2*(H,6,7). The molecule has 2 aliphatic heterocycles. The molecule has 3 aromatic heterocycles. The van der Waals surface area contributed by atoms with E-state index in [1.807, 2.05) is 29.0 Å². The molecule has 0 atom stereocenters. The zero-order valence-corrected chi connectivity index (χ0v) is 22.2. The lowest BCUT2D eigenvalue weighted by Gasteiger charge is -2.34. The van der Waals surface area contributed by atoms with Crippen LogP contribution in [0.4, 0.5) is 26.3 Å². The molecule has 0 aromatic carbocycles. The molecule has 0 unspecified atom stereocenters. The van der Waals surface area contributed by atoms with Crippen molar-refractivity contribution in [3.05, 3.63) is 48.7 Å². The molecule has 0 saturated carbocycles. The summed E-state index contributed by atoms with van der Waals surface area (Å²) in [6.07, 6.45) is 0.276. The summed E-state index contributed by atoms with van der Waals surface area (Å²) in [5, 5.41) is 19.1. The topological polar surface area (TPSA) is 130 Å². The van der Waals surface area contributed by atoms with Crippen molar-refractivity contribution in [3.63, 3.8) is 0 Å². The van der Waals surface area contributed by atoms with Crippen LogP contribution >= 0.6 is 0 Å². The molecule has 5 heterocycles. The van der Waals surface area contributed by atoms with E-state index in [1.165, 1.54) is 19.4 Å². The average Bonchev–Trinajstić information content (AvgIpc) is 3.38. The van der Waals surface area contributed by atoms with E-state index in [1.54, 1.807) is 0 Å². The fraction of sp³-hybridized carbons (Fsp3) is 0.500. The van der Waals surface area contributed by atoms with Gasteiger partial charge in [0.25, 0.3) is 0 Å². The van der Waals surface area contributed by atoms with Crippen LogP contribution in [0.3, 0.4) is 0 Å². The Morgan fingerprint density at radius 1 is 0.857 bits per heavy atom. The normalized spacial score (nSPS) is 17.1. The van der Waals surface area contributed by atoms with Gasteiger partial charge >= 0.3 is 24.3 Å². The van der Waals surface area contributed by atoms with E-state index in [-0.39, 0.29) is 0 Å². The highest BCUT2D eigenvalue weighted by Gasteiger charge is 2.39. The Hall–Kier alpha value is -3.79. The fourth-order valence-electron chi connectivity index (χ4n) is 4.46. The number of halogens is 6. The number of pyridine rings is 2. The van der Waals surface area contributed by atoms with E-state index in [0.29, 0.717) is 5.92 Å². The number of carboxylic acid groups (broad SMARTS) is 2. The van der Waals surface area contributed by atoms with Gasteiger partial charge in [-0.1, -0.05) is 0 Å². The van der Waals surface area contributed by atoms with Crippen molar-refractivity contribution in [2.75, 3.05) is 32.8 Å². The zero-order valence-electron chi connectivity index (χ0n) is 22.2. The summed E-state index contributed by atoms with van der Waals surface area (Å²) < 4.78 is 70.9. The van der Waals surface area contributed by atoms with Gasteiger partial charge in [-0.25, -0.2) is 19.1 Å². The van der Waals surface area contributed by atoms with Gasteiger partial charge in [0.15, 0.2) is 11.5 Å². The summed E-state index contributed by atoms with van der Waals surface area (Å²) in [4.78, 5) is 29.3. The summed E-state index contributed by atoms with van der Waals surface area (Å²) >= 11 is 0. The summed E-state index contributed by atoms with van der Waals surface area (Å²) in [5.74, 6) is -3.24. The number of hydrogen-bond acceptors (Lipinski definition) is 7. The number of aromatic nitrogens is 4. The molecule has 2 N–H and O–H groups in total. The van der Waals surface area contributed by atoms with Gasteiger partial charge in [-0.2, -0.15) is 31.4 Å². The highest BCUT2D eigenvalue weighted by Crippen LogP contribution is 2.28. The smallest absolute Gasteiger partial charge is 0.475 e. The van der Waals surface area contributed by atoms with E-state index in [2.05, 4.69) is 28.2 Å². The third kappa shape index (κ3) is 9.94. The summed E-state index contributed by atoms with van der Waals surface area (Å²) in [5.41, 5.74) is 3.21. The van der Waals surface area contributed by atoms with Gasteiger partial charge in [-0.3, -0.25) is 4.98 Å².